The van der Waals surface area contributed by atoms with Crippen molar-refractivity contribution in [3.63, 3.8) is 0 Å². The molecule has 2 saturated heterocycles. The molecule has 10 heteroatoms. The Hall–Kier alpha value is -3.56. The van der Waals surface area contributed by atoms with Crippen molar-refractivity contribution in [2.45, 2.75) is 37.6 Å². The van der Waals surface area contributed by atoms with Gasteiger partial charge < -0.3 is 9.64 Å². The minimum absolute atomic E-state index is 0.0443. The number of piperidine rings is 2. The average molecular weight is 472 g/mol. The Bertz CT molecular complexity index is 1200. The number of amides is 1. The Labute approximate surface area is 192 Å². The minimum Gasteiger partial charge on any atom is -0.472 e. The van der Waals surface area contributed by atoms with E-state index in [1.54, 1.807) is 17.0 Å². The zero-order chi connectivity index (χ0) is 23.9. The summed E-state index contributed by atoms with van der Waals surface area (Å²) in [6.07, 6.45) is 1.03. The molecule has 6 nitrogen and oxygen atoms in total. The van der Waals surface area contributed by atoms with Crippen LogP contribution in [0, 0.1) is 11.7 Å². The molecule has 1 amide bonds. The number of alkyl halides is 3. The highest BCUT2D eigenvalue weighted by molar-refractivity contribution is 5.98. The second-order valence-electron chi connectivity index (χ2n) is 8.48. The lowest BCUT2D eigenvalue weighted by Crippen LogP contribution is -2.59. The van der Waals surface area contributed by atoms with E-state index in [9.17, 15) is 22.4 Å². The number of hydrogen-bond donors (Lipinski definition) is 0. The molecule has 5 heterocycles. The van der Waals surface area contributed by atoms with Crippen molar-refractivity contribution in [1.29, 1.82) is 0 Å². The van der Waals surface area contributed by atoms with Crippen LogP contribution in [0.1, 0.15) is 35.3 Å². The van der Waals surface area contributed by atoms with Gasteiger partial charge in [-0.05, 0) is 55.5 Å². The van der Waals surface area contributed by atoms with Gasteiger partial charge in [0.2, 0.25) is 5.88 Å². The number of halogens is 4. The Morgan fingerprint density at radius 2 is 1.82 bits per heavy atom. The van der Waals surface area contributed by atoms with Gasteiger partial charge in [-0.2, -0.15) is 13.2 Å². The number of rotatable bonds is 4. The number of nitrogens with zero attached hydrogens (tertiary/aromatic N) is 4. The van der Waals surface area contributed by atoms with E-state index < -0.39 is 23.7 Å². The highest BCUT2D eigenvalue weighted by Gasteiger charge is 2.45. The average Bonchev–Trinajstić information content (AvgIpc) is 2.84. The Morgan fingerprint density at radius 1 is 1.03 bits per heavy atom. The summed E-state index contributed by atoms with van der Waals surface area (Å²) >= 11 is 0. The summed E-state index contributed by atoms with van der Waals surface area (Å²) in [6, 6.07) is 7.78. The van der Waals surface area contributed by atoms with Crippen LogP contribution in [0.25, 0.3) is 11.3 Å². The molecule has 0 spiro atoms. The zero-order valence-electron chi connectivity index (χ0n) is 17.9. The summed E-state index contributed by atoms with van der Waals surface area (Å²) in [5, 5.41) is 0. The molecule has 2 bridgehead atoms. The smallest absolute Gasteiger partial charge is 0.417 e. The third-order valence-corrected chi connectivity index (χ3v) is 6.34. The summed E-state index contributed by atoms with van der Waals surface area (Å²) in [7, 11) is 0. The van der Waals surface area contributed by atoms with Gasteiger partial charge in [0.1, 0.15) is 23.3 Å². The molecule has 34 heavy (non-hydrogen) atoms. The second kappa shape index (κ2) is 8.66. The molecule has 2 aliphatic heterocycles. The maximum atomic E-state index is 14.4. The van der Waals surface area contributed by atoms with E-state index in [1.165, 1.54) is 30.6 Å². The molecule has 0 aromatic carbocycles. The first-order valence-electron chi connectivity index (χ1n) is 10.9. The molecule has 3 atom stereocenters. The highest BCUT2D eigenvalue weighted by atomic mass is 19.4. The fraction of sp³-hybridized carbons (Fsp3) is 0.333. The van der Waals surface area contributed by atoms with E-state index in [4.69, 9.17) is 4.74 Å². The Balaban J connectivity index is 1.40. The maximum Gasteiger partial charge on any atom is 0.417 e. The van der Waals surface area contributed by atoms with Crippen molar-refractivity contribution < 1.29 is 27.1 Å². The second-order valence-corrected chi connectivity index (χ2v) is 8.48. The molecule has 176 valence electrons. The third-order valence-electron chi connectivity index (χ3n) is 6.34. The quantitative estimate of drug-likeness (QED) is 0.512. The van der Waals surface area contributed by atoms with Crippen LogP contribution in [0.5, 0.6) is 5.88 Å². The topological polar surface area (TPSA) is 68.2 Å². The fourth-order valence-corrected chi connectivity index (χ4v) is 4.75. The highest BCUT2D eigenvalue weighted by Crippen LogP contribution is 2.39. The van der Waals surface area contributed by atoms with Gasteiger partial charge in [-0.1, -0.05) is 0 Å². The Morgan fingerprint density at radius 3 is 2.53 bits per heavy atom. The number of carbonyl (C=O) groups excluding carboxylic acids is 1. The van der Waals surface area contributed by atoms with Crippen molar-refractivity contribution in [3.8, 4) is 17.1 Å². The lowest BCUT2D eigenvalue weighted by Gasteiger charge is -2.49. The van der Waals surface area contributed by atoms with E-state index in [2.05, 4.69) is 15.0 Å². The van der Waals surface area contributed by atoms with E-state index in [1.807, 2.05) is 0 Å². The van der Waals surface area contributed by atoms with Crippen molar-refractivity contribution >= 4 is 5.91 Å². The summed E-state index contributed by atoms with van der Waals surface area (Å²) < 4.78 is 58.8. The van der Waals surface area contributed by atoms with Crippen LogP contribution in [0.2, 0.25) is 0 Å². The number of aromatic nitrogens is 3. The monoisotopic (exact) mass is 472 g/mol. The van der Waals surface area contributed by atoms with Gasteiger partial charge in [0, 0.05) is 36.8 Å². The molecule has 6 rings (SSSR count). The largest absolute Gasteiger partial charge is 0.472 e. The molecular formula is C24H20F4N4O2. The first-order valence-corrected chi connectivity index (χ1v) is 10.9. The molecule has 3 fully saturated rings. The van der Waals surface area contributed by atoms with E-state index >= 15 is 0 Å². The summed E-state index contributed by atoms with van der Waals surface area (Å²) in [5.41, 5.74) is -0.415. The molecule has 1 unspecified atom stereocenters. The van der Waals surface area contributed by atoms with Crippen molar-refractivity contribution in [2.24, 2.45) is 5.92 Å². The fourth-order valence-electron chi connectivity index (χ4n) is 4.75. The van der Waals surface area contributed by atoms with Gasteiger partial charge in [0.15, 0.2) is 0 Å². The van der Waals surface area contributed by atoms with Crippen LogP contribution >= 0.6 is 0 Å². The van der Waals surface area contributed by atoms with Crippen LogP contribution < -0.4 is 4.74 Å². The van der Waals surface area contributed by atoms with Crippen molar-refractivity contribution in [3.05, 3.63) is 72.1 Å². The molecule has 3 aromatic heterocycles. The number of ether oxygens (including phenoxy) is 1. The standard InChI is InChI=1S/C24H20F4N4O2/c25-17-4-2-10-29-21(17)16-3-1-9-30-22(16)23(33)32-13-14-5-7-18(32)19(11-14)34-20-8-6-15(12-31-20)24(26,27)28/h1-4,6,8-10,12,14,18-19H,5,7,11,13H2/t14?,18-,19+/m0/s1. The van der Waals surface area contributed by atoms with Crippen LogP contribution in [-0.4, -0.2) is 44.4 Å². The normalized spacial score (nSPS) is 22.0. The number of hydrogen-bond acceptors (Lipinski definition) is 5. The first kappa shape index (κ1) is 22.2. The summed E-state index contributed by atoms with van der Waals surface area (Å²) in [5.74, 6) is -0.664. The maximum absolute atomic E-state index is 14.4. The number of fused-ring (bicyclic) bond motifs is 3. The van der Waals surface area contributed by atoms with E-state index in [0.29, 0.717) is 24.9 Å². The van der Waals surface area contributed by atoms with Crippen LogP contribution in [0.3, 0.4) is 0 Å². The predicted molar refractivity (Wildman–Crippen MR) is 113 cm³/mol. The van der Waals surface area contributed by atoms with Gasteiger partial charge in [0.25, 0.3) is 5.91 Å². The van der Waals surface area contributed by atoms with Gasteiger partial charge in [-0.25, -0.2) is 9.37 Å². The Kier molecular flexibility index (Phi) is 5.66. The molecule has 3 aromatic rings. The van der Waals surface area contributed by atoms with Crippen molar-refractivity contribution in [1.82, 2.24) is 19.9 Å². The van der Waals surface area contributed by atoms with E-state index in [0.717, 1.165) is 18.7 Å². The zero-order valence-corrected chi connectivity index (χ0v) is 17.9. The van der Waals surface area contributed by atoms with Crippen LogP contribution in [-0.2, 0) is 6.18 Å². The molecule has 0 radical (unpaired) electrons. The van der Waals surface area contributed by atoms with Gasteiger partial charge in [-0.3, -0.25) is 14.8 Å². The van der Waals surface area contributed by atoms with E-state index in [-0.39, 0.29) is 35.1 Å². The number of carbonyl (C=O) groups is 1. The minimum atomic E-state index is -4.48. The van der Waals surface area contributed by atoms with Crippen LogP contribution in [0.15, 0.2) is 55.0 Å². The molecule has 1 saturated carbocycles. The molecule has 3 aliphatic rings. The van der Waals surface area contributed by atoms with Gasteiger partial charge >= 0.3 is 6.18 Å². The summed E-state index contributed by atoms with van der Waals surface area (Å²) in [6.45, 7) is 0.504. The SMILES string of the molecule is O=C(c1ncccc1-c1ncccc1F)N1CC2CC[C@H]1[C@H](Oc1ccc(C(F)(F)F)cn1)C2. The third kappa shape index (κ3) is 4.20. The molecular weight excluding hydrogens is 452 g/mol. The van der Waals surface area contributed by atoms with Crippen molar-refractivity contribution in [2.75, 3.05) is 6.54 Å². The first-order chi connectivity index (χ1) is 16.3. The number of pyridine rings is 3. The lowest BCUT2D eigenvalue weighted by molar-refractivity contribution is -0.137. The predicted octanol–water partition coefficient (Wildman–Crippen LogP) is 4.77. The molecule has 1 aliphatic carbocycles. The van der Waals surface area contributed by atoms with Gasteiger partial charge in [-0.15, -0.1) is 0 Å². The van der Waals surface area contributed by atoms with Gasteiger partial charge in [0.05, 0.1) is 11.6 Å². The summed E-state index contributed by atoms with van der Waals surface area (Å²) in [4.78, 5) is 27.4. The van der Waals surface area contributed by atoms with Crippen LogP contribution in [0.4, 0.5) is 17.6 Å². The lowest BCUT2D eigenvalue weighted by atomic mass is 9.77. The molecule has 0 N–H and O–H groups in total.